The predicted molar refractivity (Wildman–Crippen MR) is 73.7 cm³/mol. The third-order valence-corrected chi connectivity index (χ3v) is 5.63. The standard InChI is InChI=1S/C13H27NO2S/c1-6-13(4)11(8-12(13)16-7-2)14-9-10(3)17(5)15/h10-12,14H,6-9H2,1-5H3. The Morgan fingerprint density at radius 3 is 2.65 bits per heavy atom. The summed E-state index contributed by atoms with van der Waals surface area (Å²) >= 11 is 0. The number of hydrogen-bond donors (Lipinski definition) is 1. The maximum Gasteiger partial charge on any atom is 0.0658 e. The second-order valence-electron chi connectivity index (χ2n) is 5.31. The predicted octanol–water partition coefficient (Wildman–Crippen LogP) is 1.94. The molecule has 0 aromatic rings. The highest BCUT2D eigenvalue weighted by Crippen LogP contribution is 2.45. The van der Waals surface area contributed by atoms with E-state index in [1.54, 1.807) is 6.26 Å². The molecule has 0 heterocycles. The van der Waals surface area contributed by atoms with E-state index in [-0.39, 0.29) is 10.7 Å². The molecule has 0 saturated heterocycles. The summed E-state index contributed by atoms with van der Waals surface area (Å²) in [6.07, 6.45) is 4.37. The summed E-state index contributed by atoms with van der Waals surface area (Å²) in [5.41, 5.74) is 0.241. The molecule has 0 spiro atoms. The summed E-state index contributed by atoms with van der Waals surface area (Å²) in [6.45, 7) is 10.2. The molecule has 5 unspecified atom stereocenters. The highest BCUT2D eigenvalue weighted by molar-refractivity contribution is 7.84. The molecule has 0 aromatic carbocycles. The number of nitrogens with one attached hydrogen (secondary N) is 1. The van der Waals surface area contributed by atoms with Crippen molar-refractivity contribution in [3.8, 4) is 0 Å². The van der Waals surface area contributed by atoms with Crippen molar-refractivity contribution in [2.75, 3.05) is 19.4 Å². The molecule has 1 saturated carbocycles. The Balaban J connectivity index is 2.43. The zero-order valence-electron chi connectivity index (χ0n) is 11.8. The Labute approximate surface area is 108 Å². The molecule has 3 nitrogen and oxygen atoms in total. The van der Waals surface area contributed by atoms with Gasteiger partial charge in [0.25, 0.3) is 0 Å². The van der Waals surface area contributed by atoms with E-state index in [2.05, 4.69) is 26.1 Å². The molecule has 1 aliphatic rings. The first-order valence-corrected chi connectivity index (χ1v) is 8.25. The number of rotatable bonds is 7. The molecule has 0 bridgehead atoms. The van der Waals surface area contributed by atoms with Crippen molar-refractivity contribution < 1.29 is 8.95 Å². The lowest BCUT2D eigenvalue weighted by molar-refractivity contribution is -0.125. The van der Waals surface area contributed by atoms with E-state index in [0.717, 1.165) is 26.0 Å². The minimum atomic E-state index is -0.737. The number of ether oxygens (including phenoxy) is 1. The third kappa shape index (κ3) is 3.30. The average Bonchev–Trinajstić information content (AvgIpc) is 2.30. The maximum atomic E-state index is 11.3. The smallest absolute Gasteiger partial charge is 0.0658 e. The summed E-state index contributed by atoms with van der Waals surface area (Å²) in [4.78, 5) is 0. The first-order chi connectivity index (χ1) is 7.95. The van der Waals surface area contributed by atoms with Crippen LogP contribution in [0.5, 0.6) is 0 Å². The largest absolute Gasteiger partial charge is 0.378 e. The van der Waals surface area contributed by atoms with Gasteiger partial charge in [0.2, 0.25) is 0 Å². The van der Waals surface area contributed by atoms with Crippen LogP contribution in [0.4, 0.5) is 0 Å². The van der Waals surface area contributed by atoms with E-state index in [0.29, 0.717) is 12.1 Å². The highest BCUT2D eigenvalue weighted by Gasteiger charge is 2.50. The van der Waals surface area contributed by atoms with E-state index in [1.165, 1.54) is 0 Å². The van der Waals surface area contributed by atoms with Gasteiger partial charge in [0.1, 0.15) is 0 Å². The molecular formula is C13H27NO2S. The summed E-state index contributed by atoms with van der Waals surface area (Å²) in [6, 6.07) is 0.509. The van der Waals surface area contributed by atoms with Gasteiger partial charge in [-0.1, -0.05) is 13.8 Å². The van der Waals surface area contributed by atoms with Crippen molar-refractivity contribution in [1.29, 1.82) is 0 Å². The summed E-state index contributed by atoms with van der Waals surface area (Å²) in [5.74, 6) is 0. The fourth-order valence-electron chi connectivity index (χ4n) is 2.49. The van der Waals surface area contributed by atoms with Crippen LogP contribution >= 0.6 is 0 Å². The van der Waals surface area contributed by atoms with Gasteiger partial charge in [0.15, 0.2) is 0 Å². The summed E-state index contributed by atoms with van der Waals surface area (Å²) < 4.78 is 17.1. The molecule has 0 radical (unpaired) electrons. The second-order valence-corrected chi connectivity index (χ2v) is 7.11. The Kier molecular flexibility index (Phi) is 5.61. The molecule has 1 fully saturated rings. The molecule has 5 atom stereocenters. The van der Waals surface area contributed by atoms with Crippen LogP contribution < -0.4 is 5.32 Å². The monoisotopic (exact) mass is 261 g/mol. The molecule has 0 aromatic heterocycles. The minimum absolute atomic E-state index is 0.224. The topological polar surface area (TPSA) is 38.3 Å². The second kappa shape index (κ2) is 6.30. The van der Waals surface area contributed by atoms with Crippen molar-refractivity contribution in [3.63, 3.8) is 0 Å². The Bertz CT molecular complexity index is 272. The van der Waals surface area contributed by atoms with Gasteiger partial charge in [-0.2, -0.15) is 0 Å². The average molecular weight is 261 g/mol. The lowest BCUT2D eigenvalue weighted by Crippen LogP contribution is -2.63. The van der Waals surface area contributed by atoms with Crippen LogP contribution in [0.3, 0.4) is 0 Å². The van der Waals surface area contributed by atoms with Crippen LogP contribution in [-0.4, -0.2) is 41.0 Å². The normalized spacial score (nSPS) is 36.3. The quantitative estimate of drug-likeness (QED) is 0.761. The van der Waals surface area contributed by atoms with E-state index in [4.69, 9.17) is 4.74 Å². The summed E-state index contributed by atoms with van der Waals surface area (Å²) in [7, 11) is -0.737. The number of hydrogen-bond acceptors (Lipinski definition) is 3. The van der Waals surface area contributed by atoms with Gasteiger partial charge in [-0.15, -0.1) is 0 Å². The fourth-order valence-corrected chi connectivity index (χ4v) is 2.82. The van der Waals surface area contributed by atoms with Gasteiger partial charge >= 0.3 is 0 Å². The van der Waals surface area contributed by atoms with Gasteiger partial charge in [-0.05, 0) is 26.7 Å². The third-order valence-electron chi connectivity index (χ3n) is 4.33. The molecular weight excluding hydrogens is 234 g/mol. The lowest BCUT2D eigenvalue weighted by Gasteiger charge is -2.54. The molecule has 17 heavy (non-hydrogen) atoms. The maximum absolute atomic E-state index is 11.3. The van der Waals surface area contributed by atoms with Crippen LogP contribution in [0.1, 0.15) is 40.5 Å². The van der Waals surface area contributed by atoms with Crippen LogP contribution in [0.15, 0.2) is 0 Å². The van der Waals surface area contributed by atoms with Gasteiger partial charge in [0, 0.05) is 46.9 Å². The van der Waals surface area contributed by atoms with Gasteiger partial charge in [-0.25, -0.2) is 0 Å². The molecule has 0 aliphatic heterocycles. The van der Waals surface area contributed by atoms with Crippen LogP contribution in [0.2, 0.25) is 0 Å². The van der Waals surface area contributed by atoms with E-state index >= 15 is 0 Å². The van der Waals surface area contributed by atoms with Gasteiger partial charge in [-0.3, -0.25) is 4.21 Å². The van der Waals surface area contributed by atoms with Gasteiger partial charge < -0.3 is 10.1 Å². The molecule has 102 valence electrons. The Morgan fingerprint density at radius 1 is 1.53 bits per heavy atom. The zero-order chi connectivity index (χ0) is 13.1. The molecule has 1 rings (SSSR count). The van der Waals surface area contributed by atoms with Crippen LogP contribution in [-0.2, 0) is 15.5 Å². The van der Waals surface area contributed by atoms with E-state index < -0.39 is 10.8 Å². The Morgan fingerprint density at radius 2 is 2.18 bits per heavy atom. The first-order valence-electron chi connectivity index (χ1n) is 6.62. The van der Waals surface area contributed by atoms with Crippen molar-refractivity contribution in [2.24, 2.45) is 5.41 Å². The van der Waals surface area contributed by atoms with E-state index in [1.807, 2.05) is 6.92 Å². The van der Waals surface area contributed by atoms with Crippen LogP contribution in [0, 0.1) is 5.41 Å². The van der Waals surface area contributed by atoms with Crippen molar-refractivity contribution >= 4 is 10.8 Å². The van der Waals surface area contributed by atoms with Crippen LogP contribution in [0.25, 0.3) is 0 Å². The molecule has 1 aliphatic carbocycles. The molecule has 0 amide bonds. The highest BCUT2D eigenvalue weighted by atomic mass is 32.2. The van der Waals surface area contributed by atoms with Crippen molar-refractivity contribution in [2.45, 2.75) is 57.9 Å². The molecule has 1 N–H and O–H groups in total. The fraction of sp³-hybridized carbons (Fsp3) is 1.00. The first kappa shape index (κ1) is 15.1. The van der Waals surface area contributed by atoms with Crippen molar-refractivity contribution in [1.82, 2.24) is 5.32 Å². The minimum Gasteiger partial charge on any atom is -0.378 e. The lowest BCUT2D eigenvalue weighted by atomic mass is 9.61. The zero-order valence-corrected chi connectivity index (χ0v) is 12.6. The van der Waals surface area contributed by atoms with E-state index in [9.17, 15) is 4.21 Å². The SMILES string of the molecule is CCOC1CC(NCC(C)S(C)=O)C1(C)CC. The van der Waals surface area contributed by atoms with Gasteiger partial charge in [0.05, 0.1) is 6.10 Å². The van der Waals surface area contributed by atoms with Crippen molar-refractivity contribution in [3.05, 3.63) is 0 Å². The summed E-state index contributed by atoms with van der Waals surface area (Å²) in [5, 5.41) is 3.78. The molecule has 4 heteroatoms. The Hall–Kier alpha value is 0.0700.